The summed E-state index contributed by atoms with van der Waals surface area (Å²) in [6.07, 6.45) is 1.41. The van der Waals surface area contributed by atoms with E-state index in [9.17, 15) is 8.78 Å². The Bertz CT molecular complexity index is 541. The Morgan fingerprint density at radius 2 is 2.12 bits per heavy atom. The Labute approximate surface area is 105 Å². The van der Waals surface area contributed by atoms with E-state index in [-0.39, 0.29) is 10.2 Å². The first-order chi connectivity index (χ1) is 8.08. The van der Waals surface area contributed by atoms with Gasteiger partial charge in [0.25, 0.3) is 0 Å². The summed E-state index contributed by atoms with van der Waals surface area (Å²) < 4.78 is 28.2. The van der Waals surface area contributed by atoms with Crippen molar-refractivity contribution in [3.63, 3.8) is 0 Å². The summed E-state index contributed by atoms with van der Waals surface area (Å²) in [6, 6.07) is 2.17. The fourth-order valence-electron chi connectivity index (χ4n) is 1.31. The third-order valence-corrected chi connectivity index (χ3v) is 2.86. The van der Waals surface area contributed by atoms with E-state index in [2.05, 4.69) is 31.3 Å². The number of nitrogens with zero attached hydrogens (tertiary/aromatic N) is 3. The van der Waals surface area contributed by atoms with Crippen LogP contribution in [0.1, 0.15) is 5.82 Å². The van der Waals surface area contributed by atoms with Gasteiger partial charge in [-0.2, -0.15) is 5.10 Å². The smallest absolute Gasteiger partial charge is 0.149 e. The van der Waals surface area contributed by atoms with Crippen LogP contribution in [0.2, 0.25) is 0 Å². The fraction of sp³-hybridized carbons (Fsp3) is 0.200. The summed E-state index contributed by atoms with van der Waals surface area (Å²) >= 11 is 3.00. The summed E-state index contributed by atoms with van der Waals surface area (Å²) in [5, 5.41) is 6.71. The average Bonchev–Trinajstić information content (AvgIpc) is 2.68. The molecule has 0 atom stereocenters. The van der Waals surface area contributed by atoms with Crippen molar-refractivity contribution in [3.05, 3.63) is 40.4 Å². The molecule has 17 heavy (non-hydrogen) atoms. The number of hydrogen-bond donors (Lipinski definition) is 1. The second kappa shape index (κ2) is 4.79. The maximum Gasteiger partial charge on any atom is 0.149 e. The highest BCUT2D eigenvalue weighted by Gasteiger charge is 2.08. The molecule has 0 saturated heterocycles. The Kier molecular flexibility index (Phi) is 3.37. The van der Waals surface area contributed by atoms with E-state index in [4.69, 9.17) is 0 Å². The molecule has 90 valence electrons. The number of halogens is 3. The number of anilines is 1. The van der Waals surface area contributed by atoms with Crippen molar-refractivity contribution in [2.75, 3.05) is 5.32 Å². The van der Waals surface area contributed by atoms with Gasteiger partial charge in [0, 0.05) is 13.1 Å². The zero-order valence-corrected chi connectivity index (χ0v) is 10.5. The molecular weight excluding hydrogens is 294 g/mol. The van der Waals surface area contributed by atoms with Crippen molar-refractivity contribution in [1.29, 1.82) is 0 Å². The first-order valence-electron chi connectivity index (χ1n) is 4.79. The second-order valence-corrected chi connectivity index (χ2v) is 4.25. The Morgan fingerprint density at radius 1 is 1.35 bits per heavy atom. The highest BCUT2D eigenvalue weighted by molar-refractivity contribution is 9.10. The molecule has 7 heteroatoms. The molecule has 2 aromatic rings. The van der Waals surface area contributed by atoms with Gasteiger partial charge in [-0.05, 0) is 22.0 Å². The molecule has 0 spiro atoms. The van der Waals surface area contributed by atoms with Crippen LogP contribution in [0.15, 0.2) is 22.9 Å². The molecule has 4 nitrogen and oxygen atoms in total. The molecule has 0 amide bonds. The molecule has 2 rings (SSSR count). The molecule has 0 aliphatic rings. The SMILES string of the molecule is Cn1ncnc1CNc1cc(Br)c(F)cc1F. The molecule has 1 aromatic heterocycles. The van der Waals surface area contributed by atoms with Crippen molar-refractivity contribution in [3.8, 4) is 0 Å². The topological polar surface area (TPSA) is 42.7 Å². The third-order valence-electron chi connectivity index (χ3n) is 2.25. The van der Waals surface area contributed by atoms with E-state index in [1.54, 1.807) is 11.7 Å². The largest absolute Gasteiger partial charge is 0.375 e. The summed E-state index contributed by atoms with van der Waals surface area (Å²) in [6.45, 7) is 0.311. The predicted octanol–water partition coefficient (Wildman–Crippen LogP) is 2.47. The van der Waals surface area contributed by atoms with Crippen LogP contribution < -0.4 is 5.32 Å². The first kappa shape index (κ1) is 12.0. The maximum atomic E-state index is 13.4. The van der Waals surface area contributed by atoms with Gasteiger partial charge in [0.1, 0.15) is 23.8 Å². The van der Waals surface area contributed by atoms with Gasteiger partial charge in [-0.3, -0.25) is 4.68 Å². The average molecular weight is 303 g/mol. The molecule has 1 N–H and O–H groups in total. The summed E-state index contributed by atoms with van der Waals surface area (Å²) in [5.74, 6) is -0.621. The van der Waals surface area contributed by atoms with Gasteiger partial charge in [-0.15, -0.1) is 0 Å². The summed E-state index contributed by atoms with van der Waals surface area (Å²) in [5.41, 5.74) is 0.210. The van der Waals surface area contributed by atoms with Gasteiger partial charge in [0.15, 0.2) is 0 Å². The van der Waals surface area contributed by atoms with Gasteiger partial charge >= 0.3 is 0 Å². The van der Waals surface area contributed by atoms with Crippen molar-refractivity contribution in [2.45, 2.75) is 6.54 Å². The quantitative estimate of drug-likeness (QED) is 0.886. The molecule has 1 heterocycles. The molecule has 0 unspecified atom stereocenters. The van der Waals surface area contributed by atoms with Crippen LogP contribution in [-0.4, -0.2) is 14.8 Å². The van der Waals surface area contributed by atoms with E-state index in [0.717, 1.165) is 6.07 Å². The number of aryl methyl sites for hydroxylation is 1. The summed E-state index contributed by atoms with van der Waals surface area (Å²) in [4.78, 5) is 3.98. The normalized spacial score (nSPS) is 10.6. The third kappa shape index (κ3) is 2.60. The number of benzene rings is 1. The Hall–Kier alpha value is -1.50. The van der Waals surface area contributed by atoms with E-state index in [1.807, 2.05) is 0 Å². The number of rotatable bonds is 3. The summed E-state index contributed by atoms with van der Waals surface area (Å²) in [7, 11) is 1.74. The zero-order valence-electron chi connectivity index (χ0n) is 8.91. The van der Waals surface area contributed by atoms with E-state index in [1.165, 1.54) is 12.4 Å². The van der Waals surface area contributed by atoms with Crippen LogP contribution >= 0.6 is 15.9 Å². The van der Waals surface area contributed by atoms with E-state index < -0.39 is 11.6 Å². The minimum absolute atomic E-state index is 0.208. The molecule has 1 aromatic carbocycles. The van der Waals surface area contributed by atoms with Gasteiger partial charge in [-0.25, -0.2) is 13.8 Å². The van der Waals surface area contributed by atoms with E-state index in [0.29, 0.717) is 12.4 Å². The van der Waals surface area contributed by atoms with Crippen molar-refractivity contribution in [1.82, 2.24) is 14.8 Å². The second-order valence-electron chi connectivity index (χ2n) is 3.40. The number of hydrogen-bond acceptors (Lipinski definition) is 3. The zero-order chi connectivity index (χ0) is 12.4. The predicted molar refractivity (Wildman–Crippen MR) is 62.4 cm³/mol. The van der Waals surface area contributed by atoms with Crippen LogP contribution in [0, 0.1) is 11.6 Å². The number of nitrogens with one attached hydrogen (secondary N) is 1. The van der Waals surface area contributed by atoms with Gasteiger partial charge < -0.3 is 5.32 Å². The Balaban J connectivity index is 2.14. The molecule has 0 bridgehead atoms. The van der Waals surface area contributed by atoms with Gasteiger partial charge in [0.05, 0.1) is 16.7 Å². The molecular formula is C10H9BrF2N4. The minimum atomic E-state index is -0.645. The molecule has 0 aliphatic carbocycles. The van der Waals surface area contributed by atoms with Crippen LogP contribution in [-0.2, 0) is 13.6 Å². The lowest BCUT2D eigenvalue weighted by atomic mass is 10.3. The molecule has 0 radical (unpaired) electrons. The van der Waals surface area contributed by atoms with Crippen molar-refractivity contribution >= 4 is 21.6 Å². The van der Waals surface area contributed by atoms with Gasteiger partial charge in [0.2, 0.25) is 0 Å². The standard InChI is InChI=1S/C10H9BrF2N4/c1-17-10(15-5-16-17)4-14-9-2-6(11)7(12)3-8(9)13/h2-3,5,14H,4H2,1H3. The lowest BCUT2D eigenvalue weighted by molar-refractivity contribution is 0.580. The van der Waals surface area contributed by atoms with Crippen molar-refractivity contribution in [2.24, 2.45) is 7.05 Å². The molecule has 0 saturated carbocycles. The highest BCUT2D eigenvalue weighted by atomic mass is 79.9. The monoisotopic (exact) mass is 302 g/mol. The van der Waals surface area contributed by atoms with Gasteiger partial charge in [-0.1, -0.05) is 0 Å². The van der Waals surface area contributed by atoms with Crippen LogP contribution in [0.3, 0.4) is 0 Å². The lowest BCUT2D eigenvalue weighted by Crippen LogP contribution is -2.08. The molecule has 0 fully saturated rings. The van der Waals surface area contributed by atoms with Crippen LogP contribution in [0.4, 0.5) is 14.5 Å². The highest BCUT2D eigenvalue weighted by Crippen LogP contribution is 2.23. The maximum absolute atomic E-state index is 13.4. The Morgan fingerprint density at radius 3 is 2.76 bits per heavy atom. The minimum Gasteiger partial charge on any atom is -0.375 e. The van der Waals surface area contributed by atoms with Crippen LogP contribution in [0.5, 0.6) is 0 Å². The van der Waals surface area contributed by atoms with E-state index >= 15 is 0 Å². The molecule has 0 aliphatic heterocycles. The van der Waals surface area contributed by atoms with Crippen LogP contribution in [0.25, 0.3) is 0 Å². The fourth-order valence-corrected chi connectivity index (χ4v) is 1.66. The lowest BCUT2D eigenvalue weighted by Gasteiger charge is -2.08. The van der Waals surface area contributed by atoms with Crippen molar-refractivity contribution < 1.29 is 8.78 Å². The number of aromatic nitrogens is 3. The first-order valence-corrected chi connectivity index (χ1v) is 5.58.